The molecular weight excluding hydrogens is 218 g/mol. The van der Waals surface area contributed by atoms with Gasteiger partial charge in [0.05, 0.1) is 0 Å². The quantitative estimate of drug-likeness (QED) is 0.636. The Labute approximate surface area is 113 Å². The monoisotopic (exact) mass is 249 g/mol. The fourth-order valence-electron chi connectivity index (χ4n) is 5.32. The van der Waals surface area contributed by atoms with Gasteiger partial charge >= 0.3 is 0 Å². The standard InChI is InChI=1S/C17H31N/c1-2-3-4-5-6-7-8-14(18)17-15-12-9-10-13(11-12)16(15)17/h12-17H,2-11,18H2,1H3. The first-order valence-electron chi connectivity index (χ1n) is 8.58. The lowest BCUT2D eigenvalue weighted by Crippen LogP contribution is -2.26. The van der Waals surface area contributed by atoms with Gasteiger partial charge in [-0.05, 0) is 55.3 Å². The number of rotatable bonds is 8. The molecule has 0 radical (unpaired) electrons. The maximum atomic E-state index is 6.46. The van der Waals surface area contributed by atoms with Crippen molar-refractivity contribution in [2.75, 3.05) is 0 Å². The van der Waals surface area contributed by atoms with Crippen molar-refractivity contribution in [2.45, 2.75) is 77.2 Å². The Morgan fingerprint density at radius 3 is 2.22 bits per heavy atom. The molecule has 3 aliphatic carbocycles. The van der Waals surface area contributed by atoms with Gasteiger partial charge in [0.2, 0.25) is 0 Å². The van der Waals surface area contributed by atoms with Crippen LogP contribution in [0.1, 0.15) is 71.1 Å². The molecule has 3 aliphatic rings. The summed E-state index contributed by atoms with van der Waals surface area (Å²) in [6, 6.07) is 0.551. The molecule has 0 spiro atoms. The molecule has 3 rings (SSSR count). The zero-order chi connectivity index (χ0) is 12.5. The average molecular weight is 249 g/mol. The van der Waals surface area contributed by atoms with Crippen LogP contribution >= 0.6 is 0 Å². The molecule has 2 bridgehead atoms. The molecule has 0 heterocycles. The van der Waals surface area contributed by atoms with Gasteiger partial charge < -0.3 is 5.73 Å². The Balaban J connectivity index is 1.31. The van der Waals surface area contributed by atoms with Gasteiger partial charge in [-0.15, -0.1) is 0 Å². The topological polar surface area (TPSA) is 26.0 Å². The summed E-state index contributed by atoms with van der Waals surface area (Å²) in [5, 5.41) is 0. The summed E-state index contributed by atoms with van der Waals surface area (Å²) < 4.78 is 0. The van der Waals surface area contributed by atoms with Gasteiger partial charge in [0.1, 0.15) is 0 Å². The highest BCUT2D eigenvalue weighted by Gasteiger charge is 2.65. The zero-order valence-corrected chi connectivity index (χ0v) is 12.1. The fourth-order valence-corrected chi connectivity index (χ4v) is 5.32. The molecule has 3 fully saturated rings. The minimum Gasteiger partial charge on any atom is -0.327 e. The highest BCUT2D eigenvalue weighted by atomic mass is 14.8. The third-order valence-electron chi connectivity index (χ3n) is 6.18. The maximum absolute atomic E-state index is 6.46. The summed E-state index contributed by atoms with van der Waals surface area (Å²) in [6.07, 6.45) is 14.4. The molecule has 0 aliphatic heterocycles. The van der Waals surface area contributed by atoms with Crippen LogP contribution in [0.4, 0.5) is 0 Å². The van der Waals surface area contributed by atoms with E-state index in [0.29, 0.717) is 6.04 Å². The number of nitrogens with two attached hydrogens (primary N) is 1. The summed E-state index contributed by atoms with van der Waals surface area (Å²) in [5.74, 6) is 5.31. The second-order valence-electron chi connectivity index (χ2n) is 7.29. The van der Waals surface area contributed by atoms with E-state index >= 15 is 0 Å². The second kappa shape index (κ2) is 5.53. The lowest BCUT2D eigenvalue weighted by atomic mass is 9.94. The summed E-state index contributed by atoms with van der Waals surface area (Å²) in [6.45, 7) is 2.29. The van der Waals surface area contributed by atoms with E-state index in [-0.39, 0.29) is 0 Å². The van der Waals surface area contributed by atoms with Gasteiger partial charge in [0, 0.05) is 6.04 Å². The van der Waals surface area contributed by atoms with Crippen molar-refractivity contribution >= 4 is 0 Å². The van der Waals surface area contributed by atoms with Crippen molar-refractivity contribution in [1.82, 2.24) is 0 Å². The largest absolute Gasteiger partial charge is 0.327 e. The van der Waals surface area contributed by atoms with Gasteiger partial charge in [-0.2, -0.15) is 0 Å². The molecule has 5 atom stereocenters. The van der Waals surface area contributed by atoms with Crippen LogP contribution in [0.3, 0.4) is 0 Å². The van der Waals surface area contributed by atoms with Crippen molar-refractivity contribution in [1.29, 1.82) is 0 Å². The highest BCUT2D eigenvalue weighted by molar-refractivity contribution is 5.15. The van der Waals surface area contributed by atoms with Crippen LogP contribution in [0.15, 0.2) is 0 Å². The first kappa shape index (κ1) is 13.0. The Bertz CT molecular complexity index is 259. The highest BCUT2D eigenvalue weighted by Crippen LogP contribution is 2.70. The molecule has 0 amide bonds. The zero-order valence-electron chi connectivity index (χ0n) is 12.1. The second-order valence-corrected chi connectivity index (χ2v) is 7.29. The summed E-state index contributed by atoms with van der Waals surface area (Å²) in [4.78, 5) is 0. The molecule has 1 nitrogen and oxygen atoms in total. The van der Waals surface area contributed by atoms with Crippen molar-refractivity contribution in [3.8, 4) is 0 Å². The van der Waals surface area contributed by atoms with E-state index in [4.69, 9.17) is 5.73 Å². The lowest BCUT2D eigenvalue weighted by molar-refractivity contribution is 0.389. The molecule has 0 aromatic heterocycles. The van der Waals surface area contributed by atoms with Gasteiger partial charge in [0.25, 0.3) is 0 Å². The van der Waals surface area contributed by atoms with Crippen molar-refractivity contribution in [3.63, 3.8) is 0 Å². The fraction of sp³-hybridized carbons (Fsp3) is 1.00. The third-order valence-corrected chi connectivity index (χ3v) is 6.18. The van der Waals surface area contributed by atoms with Crippen molar-refractivity contribution in [2.24, 2.45) is 35.3 Å². The molecule has 104 valence electrons. The predicted molar refractivity (Wildman–Crippen MR) is 77.3 cm³/mol. The van der Waals surface area contributed by atoms with Gasteiger partial charge in [-0.1, -0.05) is 45.4 Å². The van der Waals surface area contributed by atoms with E-state index in [1.807, 2.05) is 0 Å². The van der Waals surface area contributed by atoms with Gasteiger partial charge in [-0.25, -0.2) is 0 Å². The van der Waals surface area contributed by atoms with E-state index in [1.165, 1.54) is 57.8 Å². The number of unbranched alkanes of at least 4 members (excludes halogenated alkanes) is 5. The van der Waals surface area contributed by atoms with E-state index in [9.17, 15) is 0 Å². The third kappa shape index (κ3) is 2.35. The van der Waals surface area contributed by atoms with E-state index in [2.05, 4.69) is 6.92 Å². The minimum absolute atomic E-state index is 0.551. The van der Waals surface area contributed by atoms with E-state index < -0.39 is 0 Å². The number of hydrogen-bond acceptors (Lipinski definition) is 1. The molecule has 0 aromatic carbocycles. The lowest BCUT2D eigenvalue weighted by Gasteiger charge is -2.16. The summed E-state index contributed by atoms with van der Waals surface area (Å²) in [7, 11) is 0. The summed E-state index contributed by atoms with van der Waals surface area (Å²) >= 11 is 0. The van der Waals surface area contributed by atoms with Crippen LogP contribution in [0, 0.1) is 29.6 Å². The van der Waals surface area contributed by atoms with Crippen LogP contribution in [-0.4, -0.2) is 6.04 Å². The molecule has 0 aromatic rings. The van der Waals surface area contributed by atoms with E-state index in [1.54, 1.807) is 6.42 Å². The normalized spacial score (nSPS) is 42.0. The van der Waals surface area contributed by atoms with Crippen LogP contribution in [-0.2, 0) is 0 Å². The van der Waals surface area contributed by atoms with Gasteiger partial charge in [-0.3, -0.25) is 0 Å². The van der Waals surface area contributed by atoms with Crippen LogP contribution < -0.4 is 5.73 Å². The number of fused-ring (bicyclic) bond motifs is 5. The first-order valence-corrected chi connectivity index (χ1v) is 8.58. The van der Waals surface area contributed by atoms with Crippen LogP contribution in [0.2, 0.25) is 0 Å². The molecule has 5 unspecified atom stereocenters. The molecule has 0 saturated heterocycles. The molecule has 2 N–H and O–H groups in total. The van der Waals surface area contributed by atoms with E-state index in [0.717, 1.165) is 29.6 Å². The molecule has 18 heavy (non-hydrogen) atoms. The Kier molecular flexibility index (Phi) is 3.98. The Hall–Kier alpha value is -0.0400. The predicted octanol–water partition coefficient (Wildman–Crippen LogP) is 4.36. The molecular formula is C17H31N. The SMILES string of the molecule is CCCCCCCCC(N)C1C2C3CCC(C3)C12. The summed E-state index contributed by atoms with van der Waals surface area (Å²) in [5.41, 5.74) is 6.46. The average Bonchev–Trinajstić information content (AvgIpc) is 2.82. The van der Waals surface area contributed by atoms with Crippen molar-refractivity contribution in [3.05, 3.63) is 0 Å². The molecule has 3 saturated carbocycles. The van der Waals surface area contributed by atoms with Crippen LogP contribution in [0.5, 0.6) is 0 Å². The molecule has 1 heteroatoms. The number of hydrogen-bond donors (Lipinski definition) is 1. The van der Waals surface area contributed by atoms with Crippen LogP contribution in [0.25, 0.3) is 0 Å². The minimum atomic E-state index is 0.551. The smallest absolute Gasteiger partial charge is 0.00728 e. The van der Waals surface area contributed by atoms with Gasteiger partial charge in [0.15, 0.2) is 0 Å². The Morgan fingerprint density at radius 1 is 0.944 bits per heavy atom. The van der Waals surface area contributed by atoms with Crippen molar-refractivity contribution < 1.29 is 0 Å². The Morgan fingerprint density at radius 2 is 1.56 bits per heavy atom. The first-order chi connectivity index (χ1) is 8.83. The maximum Gasteiger partial charge on any atom is 0.00728 e.